The fourth-order valence-corrected chi connectivity index (χ4v) is 2.79. The molecule has 2 amide bonds. The van der Waals surface area contributed by atoms with Gasteiger partial charge in [-0.1, -0.05) is 36.9 Å². The number of amides is 2. The van der Waals surface area contributed by atoms with Crippen LogP contribution < -0.4 is 10.5 Å². The third kappa shape index (κ3) is 6.37. The van der Waals surface area contributed by atoms with Crippen LogP contribution in [0.25, 0.3) is 10.8 Å². The molecule has 0 fully saturated rings. The number of nitrogens with two attached hydrogens (primary N) is 1. The summed E-state index contributed by atoms with van der Waals surface area (Å²) in [4.78, 5) is 49.0. The van der Waals surface area contributed by atoms with E-state index >= 15 is 0 Å². The number of carbonyl (C=O) groups is 4. The largest absolute Gasteiger partial charge is 0.485 e. The Morgan fingerprint density at radius 1 is 1.16 bits per heavy atom. The monoisotopic (exact) mass is 444 g/mol. The molecule has 10 heteroatoms. The van der Waals surface area contributed by atoms with E-state index in [2.05, 4.69) is 6.58 Å². The van der Waals surface area contributed by atoms with Gasteiger partial charge in [-0.3, -0.25) is 14.4 Å². The molecule has 0 saturated heterocycles. The number of aliphatic hydroxyl groups is 1. The Bertz CT molecular complexity index is 1020. The van der Waals surface area contributed by atoms with Crippen molar-refractivity contribution in [1.82, 2.24) is 4.90 Å². The Labute approximate surface area is 183 Å². The number of ether oxygens (including phenoxy) is 2. The van der Waals surface area contributed by atoms with E-state index in [9.17, 15) is 24.3 Å². The van der Waals surface area contributed by atoms with Gasteiger partial charge in [0, 0.05) is 0 Å². The number of carboxylic acid groups (broad SMARTS) is 1. The maximum absolute atomic E-state index is 13.1. The van der Waals surface area contributed by atoms with Gasteiger partial charge in [-0.25, -0.2) is 9.69 Å². The first-order chi connectivity index (χ1) is 15.3. The number of aliphatic carboxylic acids is 1. The topological polar surface area (TPSA) is 156 Å². The molecule has 1 atom stereocenters. The van der Waals surface area contributed by atoms with Crippen LogP contribution in [0.1, 0.15) is 16.8 Å². The number of imide groups is 1. The van der Waals surface area contributed by atoms with Crippen molar-refractivity contribution in [3.63, 3.8) is 0 Å². The smallest absolute Gasteiger partial charge is 0.417 e. The van der Waals surface area contributed by atoms with Crippen molar-refractivity contribution >= 4 is 34.5 Å². The van der Waals surface area contributed by atoms with Crippen LogP contribution in [0, 0.1) is 0 Å². The van der Waals surface area contributed by atoms with Crippen LogP contribution in [0.15, 0.2) is 49.1 Å². The minimum Gasteiger partial charge on any atom is -0.485 e. The maximum Gasteiger partial charge on any atom is 0.417 e. The van der Waals surface area contributed by atoms with Crippen LogP contribution >= 0.6 is 0 Å². The van der Waals surface area contributed by atoms with Crippen molar-refractivity contribution in [3.05, 3.63) is 54.6 Å². The van der Waals surface area contributed by atoms with Gasteiger partial charge in [-0.2, -0.15) is 0 Å². The average Bonchev–Trinajstić information content (AvgIpc) is 2.77. The lowest BCUT2D eigenvalue weighted by Crippen LogP contribution is -2.40. The SMILES string of the molecule is C=CCOC(=O)N(CCO)C(=O)c1cc2ccccc2cc1OCC(=O)C(N)CC(=O)O. The molecule has 4 N–H and O–H groups in total. The zero-order valence-corrected chi connectivity index (χ0v) is 17.2. The van der Waals surface area contributed by atoms with Crippen molar-refractivity contribution in [2.45, 2.75) is 12.5 Å². The molecule has 0 radical (unpaired) electrons. The number of nitrogens with zero attached hydrogens (tertiary/aromatic N) is 1. The van der Waals surface area contributed by atoms with Crippen molar-refractivity contribution in [2.75, 3.05) is 26.4 Å². The number of hydrogen-bond acceptors (Lipinski definition) is 8. The molecule has 0 aliphatic rings. The molecule has 0 aromatic heterocycles. The molecule has 170 valence electrons. The van der Waals surface area contributed by atoms with Crippen molar-refractivity contribution < 1.29 is 38.9 Å². The van der Waals surface area contributed by atoms with Crippen LogP contribution in [-0.2, 0) is 14.3 Å². The van der Waals surface area contributed by atoms with Gasteiger partial charge < -0.3 is 25.4 Å². The Morgan fingerprint density at radius 2 is 1.81 bits per heavy atom. The summed E-state index contributed by atoms with van der Waals surface area (Å²) in [6.07, 6.45) is -0.219. The molecular formula is C22H24N2O8. The third-order valence-corrected chi connectivity index (χ3v) is 4.37. The zero-order valence-electron chi connectivity index (χ0n) is 17.2. The Hall–Kier alpha value is -3.76. The molecule has 2 rings (SSSR count). The molecule has 32 heavy (non-hydrogen) atoms. The van der Waals surface area contributed by atoms with E-state index in [0.29, 0.717) is 15.7 Å². The van der Waals surface area contributed by atoms with E-state index in [1.54, 1.807) is 24.3 Å². The molecular weight excluding hydrogens is 420 g/mol. The van der Waals surface area contributed by atoms with Crippen molar-refractivity contribution in [3.8, 4) is 5.75 Å². The number of ketones is 1. The minimum atomic E-state index is -1.27. The highest BCUT2D eigenvalue weighted by Crippen LogP contribution is 2.28. The van der Waals surface area contributed by atoms with Crippen LogP contribution in [0.5, 0.6) is 5.75 Å². The normalized spacial score (nSPS) is 11.4. The molecule has 0 spiro atoms. The summed E-state index contributed by atoms with van der Waals surface area (Å²) in [5, 5.41) is 19.4. The summed E-state index contributed by atoms with van der Waals surface area (Å²) in [7, 11) is 0. The van der Waals surface area contributed by atoms with E-state index in [1.165, 1.54) is 18.2 Å². The first-order valence-electron chi connectivity index (χ1n) is 9.64. The summed E-state index contributed by atoms with van der Waals surface area (Å²) in [6.45, 7) is 1.90. The van der Waals surface area contributed by atoms with Crippen LogP contribution in [0.4, 0.5) is 4.79 Å². The molecule has 0 bridgehead atoms. The summed E-state index contributed by atoms with van der Waals surface area (Å²) >= 11 is 0. The van der Waals surface area contributed by atoms with Gasteiger partial charge in [0.2, 0.25) is 0 Å². The number of benzene rings is 2. The van der Waals surface area contributed by atoms with E-state index in [4.69, 9.17) is 20.3 Å². The molecule has 1 unspecified atom stereocenters. The summed E-state index contributed by atoms with van der Waals surface area (Å²) in [5.74, 6) is -2.72. The van der Waals surface area contributed by atoms with Gasteiger partial charge in [0.1, 0.15) is 19.0 Å². The van der Waals surface area contributed by atoms with Gasteiger partial charge in [-0.15, -0.1) is 0 Å². The summed E-state index contributed by atoms with van der Waals surface area (Å²) < 4.78 is 10.4. The third-order valence-electron chi connectivity index (χ3n) is 4.37. The standard InChI is InChI=1S/C22H24N2O8/c1-2-9-31-22(30)24(7-8-25)21(29)16-10-14-5-3-4-6-15(14)11-19(16)32-13-18(26)17(23)12-20(27)28/h2-6,10-11,17,25H,1,7-9,12-13,23H2,(H,27,28). The predicted molar refractivity (Wildman–Crippen MR) is 114 cm³/mol. The first kappa shape index (κ1) is 24.5. The number of carbonyl (C=O) groups excluding carboxylic acids is 3. The van der Waals surface area contributed by atoms with Crippen molar-refractivity contribution in [2.24, 2.45) is 5.73 Å². The van der Waals surface area contributed by atoms with Crippen LogP contribution in [0.3, 0.4) is 0 Å². The van der Waals surface area contributed by atoms with Crippen LogP contribution in [0.2, 0.25) is 0 Å². The quantitative estimate of drug-likeness (QED) is 0.435. The molecule has 0 saturated carbocycles. The van der Waals surface area contributed by atoms with Gasteiger partial charge in [0.25, 0.3) is 5.91 Å². The lowest BCUT2D eigenvalue weighted by Gasteiger charge is -2.21. The number of fused-ring (bicyclic) bond motifs is 1. The number of carboxylic acids is 1. The number of aliphatic hydroxyl groups excluding tert-OH is 1. The van der Waals surface area contributed by atoms with Gasteiger partial charge in [0.05, 0.1) is 31.2 Å². The highest BCUT2D eigenvalue weighted by Gasteiger charge is 2.27. The molecule has 0 heterocycles. The summed E-state index contributed by atoms with van der Waals surface area (Å²) in [5.41, 5.74) is 5.51. The number of rotatable bonds is 11. The van der Waals surface area contributed by atoms with E-state index in [0.717, 1.165) is 0 Å². The minimum absolute atomic E-state index is 0.0102. The number of Topliss-reactive ketones (excluding diaryl/α,β-unsaturated/α-hetero) is 1. The molecule has 2 aromatic carbocycles. The lowest BCUT2D eigenvalue weighted by atomic mass is 10.0. The zero-order chi connectivity index (χ0) is 23.7. The second-order valence-corrected chi connectivity index (χ2v) is 6.70. The Kier molecular flexibility index (Phi) is 8.87. The molecule has 10 nitrogen and oxygen atoms in total. The molecule has 2 aromatic rings. The summed E-state index contributed by atoms with van der Waals surface area (Å²) in [6, 6.07) is 8.77. The fraction of sp³-hybridized carbons (Fsp3) is 0.273. The predicted octanol–water partition coefficient (Wildman–Crippen LogP) is 1.35. The fourth-order valence-electron chi connectivity index (χ4n) is 2.79. The lowest BCUT2D eigenvalue weighted by molar-refractivity contribution is -0.139. The van der Waals surface area contributed by atoms with E-state index < -0.39 is 49.4 Å². The molecule has 0 aliphatic heterocycles. The van der Waals surface area contributed by atoms with Gasteiger partial charge >= 0.3 is 12.1 Å². The highest BCUT2D eigenvalue weighted by atomic mass is 16.6. The maximum atomic E-state index is 13.1. The van der Waals surface area contributed by atoms with Gasteiger partial charge in [-0.05, 0) is 22.9 Å². The average molecular weight is 444 g/mol. The molecule has 0 aliphatic carbocycles. The Morgan fingerprint density at radius 3 is 2.41 bits per heavy atom. The van der Waals surface area contributed by atoms with Crippen LogP contribution in [-0.4, -0.2) is 71.3 Å². The number of hydrogen-bond donors (Lipinski definition) is 3. The second-order valence-electron chi connectivity index (χ2n) is 6.70. The van der Waals surface area contributed by atoms with Gasteiger partial charge in [0.15, 0.2) is 5.78 Å². The highest BCUT2D eigenvalue weighted by molar-refractivity contribution is 6.07. The Balaban J connectivity index is 2.38. The van der Waals surface area contributed by atoms with Crippen molar-refractivity contribution in [1.29, 1.82) is 0 Å². The van der Waals surface area contributed by atoms with E-state index in [1.807, 2.05) is 0 Å². The van der Waals surface area contributed by atoms with E-state index in [-0.39, 0.29) is 24.5 Å². The second kappa shape index (κ2) is 11.6. The first-order valence-corrected chi connectivity index (χ1v) is 9.64.